The lowest BCUT2D eigenvalue weighted by atomic mass is 10.2. The molecule has 1 atom stereocenters. The smallest absolute Gasteiger partial charge is 0.252 e. The maximum absolute atomic E-state index is 12.4. The quantitative estimate of drug-likeness (QED) is 0.905. The van der Waals surface area contributed by atoms with Gasteiger partial charge in [0.2, 0.25) is 6.79 Å². The highest BCUT2D eigenvalue weighted by atomic mass is 16.7. The molecule has 1 aromatic heterocycles. The number of nitrogens with zero attached hydrogens (tertiary/aromatic N) is 1. The van der Waals surface area contributed by atoms with Gasteiger partial charge in [-0.05, 0) is 43.5 Å². The molecule has 1 N–H and O–H groups in total. The highest BCUT2D eigenvalue weighted by Gasteiger charge is 2.17. The molecule has 0 bridgehead atoms. The molecule has 6 heteroatoms. The van der Waals surface area contributed by atoms with Crippen LogP contribution in [-0.2, 0) is 17.8 Å². The zero-order valence-corrected chi connectivity index (χ0v) is 14.3. The number of anilines is 1. The highest BCUT2D eigenvalue weighted by Crippen LogP contribution is 2.32. The van der Waals surface area contributed by atoms with Gasteiger partial charge in [0.25, 0.3) is 5.56 Å². The first-order valence-electron chi connectivity index (χ1n) is 8.64. The van der Waals surface area contributed by atoms with E-state index in [2.05, 4.69) is 5.32 Å². The molecule has 0 amide bonds. The first kappa shape index (κ1) is 16.0. The first-order chi connectivity index (χ1) is 12.2. The van der Waals surface area contributed by atoms with Crippen LogP contribution in [0.5, 0.6) is 11.5 Å². The predicted molar refractivity (Wildman–Crippen MR) is 94.3 cm³/mol. The molecule has 0 saturated carbocycles. The SMILES string of the molecule is Cc1cc(NCc2ccc3c(c2)OCO3)cc(=O)n1C[C@H]1CCCO1. The van der Waals surface area contributed by atoms with Gasteiger partial charge in [0, 0.05) is 30.6 Å². The van der Waals surface area contributed by atoms with Crippen molar-refractivity contribution in [2.45, 2.75) is 39.0 Å². The minimum atomic E-state index is 0.00341. The standard InChI is InChI=1S/C19H22N2O4/c1-13-7-15(9-19(22)21(13)11-16-3-2-6-23-16)20-10-14-4-5-17-18(8-14)25-12-24-17/h4-5,7-9,16,20H,2-3,6,10-12H2,1H3/t16-/m1/s1. The number of aromatic nitrogens is 1. The molecular formula is C19H22N2O4. The lowest BCUT2D eigenvalue weighted by Crippen LogP contribution is -2.28. The van der Waals surface area contributed by atoms with Crippen LogP contribution in [0, 0.1) is 6.92 Å². The van der Waals surface area contributed by atoms with E-state index in [1.165, 1.54) is 0 Å². The summed E-state index contributed by atoms with van der Waals surface area (Å²) in [5.41, 5.74) is 2.84. The zero-order valence-electron chi connectivity index (χ0n) is 14.3. The maximum atomic E-state index is 12.4. The van der Waals surface area contributed by atoms with E-state index in [1.807, 2.05) is 31.2 Å². The van der Waals surface area contributed by atoms with E-state index in [1.54, 1.807) is 10.6 Å². The van der Waals surface area contributed by atoms with Gasteiger partial charge in [-0.25, -0.2) is 0 Å². The molecule has 1 fully saturated rings. The lowest BCUT2D eigenvalue weighted by molar-refractivity contribution is 0.0956. The Hall–Kier alpha value is -2.47. The Balaban J connectivity index is 1.45. The molecule has 3 heterocycles. The number of hydrogen-bond donors (Lipinski definition) is 1. The summed E-state index contributed by atoms with van der Waals surface area (Å²) in [6.07, 6.45) is 2.26. The number of aryl methyl sites for hydroxylation is 1. The van der Waals surface area contributed by atoms with Crippen molar-refractivity contribution in [1.82, 2.24) is 4.57 Å². The molecule has 4 rings (SSSR count). The summed E-state index contributed by atoms with van der Waals surface area (Å²) in [6, 6.07) is 9.51. The van der Waals surface area contributed by atoms with Gasteiger partial charge in [-0.15, -0.1) is 0 Å². The van der Waals surface area contributed by atoms with Gasteiger partial charge in [0.05, 0.1) is 12.6 Å². The molecule has 0 aliphatic carbocycles. The van der Waals surface area contributed by atoms with Gasteiger partial charge < -0.3 is 24.1 Å². The predicted octanol–water partition coefficient (Wildman–Crippen LogP) is 2.68. The third-order valence-corrected chi connectivity index (χ3v) is 4.68. The molecule has 132 valence electrons. The number of ether oxygens (including phenoxy) is 3. The van der Waals surface area contributed by atoms with Gasteiger partial charge in [-0.2, -0.15) is 0 Å². The van der Waals surface area contributed by atoms with Gasteiger partial charge in [-0.3, -0.25) is 4.79 Å². The number of pyridine rings is 1. The summed E-state index contributed by atoms with van der Waals surface area (Å²) < 4.78 is 18.1. The van der Waals surface area contributed by atoms with Gasteiger partial charge >= 0.3 is 0 Å². The molecule has 25 heavy (non-hydrogen) atoms. The Bertz CT molecular complexity index is 825. The van der Waals surface area contributed by atoms with Crippen LogP contribution in [0.1, 0.15) is 24.1 Å². The average Bonchev–Trinajstić information content (AvgIpc) is 3.27. The van der Waals surface area contributed by atoms with Crippen molar-refractivity contribution in [3.8, 4) is 11.5 Å². The lowest BCUT2D eigenvalue weighted by Gasteiger charge is -2.16. The number of fused-ring (bicyclic) bond motifs is 1. The van der Waals surface area contributed by atoms with E-state index in [4.69, 9.17) is 14.2 Å². The molecule has 1 aromatic carbocycles. The number of rotatable bonds is 5. The Morgan fingerprint density at radius 2 is 2.08 bits per heavy atom. The van der Waals surface area contributed by atoms with Crippen LogP contribution in [-0.4, -0.2) is 24.1 Å². The second kappa shape index (κ2) is 6.80. The van der Waals surface area contributed by atoms with Crippen LogP contribution in [0.3, 0.4) is 0 Å². The van der Waals surface area contributed by atoms with Crippen LogP contribution >= 0.6 is 0 Å². The summed E-state index contributed by atoms with van der Waals surface area (Å²) in [5.74, 6) is 1.54. The molecule has 6 nitrogen and oxygen atoms in total. The number of nitrogens with one attached hydrogen (secondary N) is 1. The van der Waals surface area contributed by atoms with Crippen molar-refractivity contribution >= 4 is 5.69 Å². The molecule has 0 spiro atoms. The summed E-state index contributed by atoms with van der Waals surface area (Å²) >= 11 is 0. The van der Waals surface area contributed by atoms with Crippen LogP contribution < -0.4 is 20.3 Å². The molecule has 2 aromatic rings. The van der Waals surface area contributed by atoms with E-state index in [0.717, 1.165) is 47.9 Å². The van der Waals surface area contributed by atoms with E-state index in [0.29, 0.717) is 13.1 Å². The van der Waals surface area contributed by atoms with Gasteiger partial charge in [-0.1, -0.05) is 6.07 Å². The Morgan fingerprint density at radius 1 is 1.20 bits per heavy atom. The van der Waals surface area contributed by atoms with Crippen molar-refractivity contribution < 1.29 is 14.2 Å². The molecule has 2 aliphatic rings. The topological polar surface area (TPSA) is 61.7 Å². The zero-order chi connectivity index (χ0) is 17.2. The van der Waals surface area contributed by atoms with Crippen molar-refractivity contribution in [2.75, 3.05) is 18.7 Å². The van der Waals surface area contributed by atoms with Crippen molar-refractivity contribution in [2.24, 2.45) is 0 Å². The van der Waals surface area contributed by atoms with Crippen LogP contribution in [0.15, 0.2) is 35.1 Å². The van der Waals surface area contributed by atoms with Gasteiger partial charge in [0.1, 0.15) is 0 Å². The fourth-order valence-electron chi connectivity index (χ4n) is 3.31. The largest absolute Gasteiger partial charge is 0.454 e. The molecular weight excluding hydrogens is 320 g/mol. The molecule has 2 aliphatic heterocycles. The second-order valence-corrected chi connectivity index (χ2v) is 6.51. The summed E-state index contributed by atoms with van der Waals surface area (Å²) in [5, 5.41) is 3.31. The minimum absolute atomic E-state index is 0.00341. The molecule has 0 unspecified atom stereocenters. The third kappa shape index (κ3) is 3.49. The van der Waals surface area contributed by atoms with Crippen LogP contribution in [0.25, 0.3) is 0 Å². The average molecular weight is 342 g/mol. The van der Waals surface area contributed by atoms with Crippen molar-refractivity contribution in [3.63, 3.8) is 0 Å². The van der Waals surface area contributed by atoms with Crippen molar-refractivity contribution in [3.05, 3.63) is 51.9 Å². The summed E-state index contributed by atoms with van der Waals surface area (Å²) in [4.78, 5) is 12.4. The minimum Gasteiger partial charge on any atom is -0.454 e. The van der Waals surface area contributed by atoms with E-state index in [-0.39, 0.29) is 18.5 Å². The van der Waals surface area contributed by atoms with E-state index >= 15 is 0 Å². The normalized spacial score (nSPS) is 18.5. The first-order valence-corrected chi connectivity index (χ1v) is 8.64. The Morgan fingerprint density at radius 3 is 2.88 bits per heavy atom. The fourth-order valence-corrected chi connectivity index (χ4v) is 3.31. The number of hydrogen-bond acceptors (Lipinski definition) is 5. The summed E-state index contributed by atoms with van der Waals surface area (Å²) in [6.45, 7) is 4.28. The molecule has 0 radical (unpaired) electrons. The monoisotopic (exact) mass is 342 g/mol. The van der Waals surface area contributed by atoms with Gasteiger partial charge in [0.15, 0.2) is 11.5 Å². The van der Waals surface area contributed by atoms with E-state index < -0.39 is 0 Å². The molecule has 1 saturated heterocycles. The van der Waals surface area contributed by atoms with Crippen LogP contribution in [0.4, 0.5) is 5.69 Å². The summed E-state index contributed by atoms with van der Waals surface area (Å²) in [7, 11) is 0. The maximum Gasteiger partial charge on any atom is 0.252 e. The highest BCUT2D eigenvalue weighted by molar-refractivity contribution is 5.47. The third-order valence-electron chi connectivity index (χ3n) is 4.68. The van der Waals surface area contributed by atoms with Crippen molar-refractivity contribution in [1.29, 1.82) is 0 Å². The number of benzene rings is 1. The Labute approximate surface area is 146 Å². The Kier molecular flexibility index (Phi) is 4.36. The fraction of sp³-hybridized carbons (Fsp3) is 0.421. The van der Waals surface area contributed by atoms with E-state index in [9.17, 15) is 4.79 Å². The van der Waals surface area contributed by atoms with Crippen LogP contribution in [0.2, 0.25) is 0 Å². The second-order valence-electron chi connectivity index (χ2n) is 6.51.